The molecule has 1 aromatic carbocycles. The highest BCUT2D eigenvalue weighted by atomic mass is 79.9. The van der Waals surface area contributed by atoms with E-state index < -0.39 is 29.6 Å². The Hall–Kier alpha value is -2.67. The maximum absolute atomic E-state index is 12.9. The van der Waals surface area contributed by atoms with Crippen LogP contribution in [0.25, 0.3) is 0 Å². The van der Waals surface area contributed by atoms with Crippen molar-refractivity contribution in [3.8, 4) is 0 Å². The van der Waals surface area contributed by atoms with E-state index in [1.807, 2.05) is 24.3 Å². The quantitative estimate of drug-likeness (QED) is 0.610. The summed E-state index contributed by atoms with van der Waals surface area (Å²) in [4.78, 5) is 39.0. The summed E-state index contributed by atoms with van der Waals surface area (Å²) in [5.41, 5.74) is 0.604. The van der Waals surface area contributed by atoms with Crippen molar-refractivity contribution in [1.82, 2.24) is 10.2 Å². The standard InChI is InChI=1S/C22H25BrN2O4/c1-6-16-17(7-2)20(27)25(19(16)26)18(14-9-8-10-15(23)13-14)11-12-24-21(28)29-22(3,4)5/h6-10,13,18H,1-2,11-12H2,3-5H3,(H,24,28). The lowest BCUT2D eigenvalue weighted by molar-refractivity contribution is -0.140. The van der Waals surface area contributed by atoms with Gasteiger partial charge in [0.2, 0.25) is 0 Å². The highest BCUT2D eigenvalue weighted by Crippen LogP contribution is 2.34. The van der Waals surface area contributed by atoms with Gasteiger partial charge in [-0.3, -0.25) is 14.5 Å². The summed E-state index contributed by atoms with van der Waals surface area (Å²) >= 11 is 3.42. The van der Waals surface area contributed by atoms with E-state index in [2.05, 4.69) is 34.4 Å². The number of alkyl carbamates (subject to hydrolysis) is 1. The number of ether oxygens (including phenoxy) is 1. The van der Waals surface area contributed by atoms with Crippen molar-refractivity contribution in [2.75, 3.05) is 6.54 Å². The summed E-state index contributed by atoms with van der Waals surface area (Å²) in [6, 6.07) is 6.79. The third kappa shape index (κ3) is 5.44. The Morgan fingerprint density at radius 2 is 1.79 bits per heavy atom. The number of imide groups is 1. The number of hydrogen-bond acceptors (Lipinski definition) is 4. The van der Waals surface area contributed by atoms with Crippen LogP contribution in [0.15, 0.2) is 65.2 Å². The van der Waals surface area contributed by atoms with Gasteiger partial charge in [-0.25, -0.2) is 4.79 Å². The van der Waals surface area contributed by atoms with Crippen LogP contribution in [0.1, 0.15) is 38.8 Å². The second-order valence-electron chi connectivity index (χ2n) is 7.50. The first-order valence-electron chi connectivity index (χ1n) is 9.18. The van der Waals surface area contributed by atoms with Crippen LogP contribution in [-0.4, -0.2) is 35.0 Å². The van der Waals surface area contributed by atoms with Crippen LogP contribution in [0.3, 0.4) is 0 Å². The molecule has 0 bridgehead atoms. The van der Waals surface area contributed by atoms with Gasteiger partial charge in [0.15, 0.2) is 0 Å². The van der Waals surface area contributed by atoms with Crippen molar-refractivity contribution in [2.45, 2.75) is 38.8 Å². The molecule has 1 unspecified atom stereocenters. The zero-order valence-corrected chi connectivity index (χ0v) is 18.4. The Morgan fingerprint density at radius 1 is 1.21 bits per heavy atom. The Kier molecular flexibility index (Phi) is 7.19. The number of carbonyl (C=O) groups excluding carboxylic acids is 3. The number of nitrogens with zero attached hydrogens (tertiary/aromatic N) is 1. The average molecular weight is 461 g/mol. The highest BCUT2D eigenvalue weighted by molar-refractivity contribution is 9.10. The molecule has 0 fully saturated rings. The second kappa shape index (κ2) is 9.22. The summed E-state index contributed by atoms with van der Waals surface area (Å²) < 4.78 is 6.06. The number of carbonyl (C=O) groups is 3. The maximum atomic E-state index is 12.9. The molecule has 1 aliphatic rings. The predicted molar refractivity (Wildman–Crippen MR) is 115 cm³/mol. The molecule has 0 aromatic heterocycles. The van der Waals surface area contributed by atoms with E-state index in [1.54, 1.807) is 20.8 Å². The molecule has 154 valence electrons. The minimum atomic E-state index is -0.615. The van der Waals surface area contributed by atoms with E-state index in [9.17, 15) is 14.4 Å². The van der Waals surface area contributed by atoms with Crippen molar-refractivity contribution >= 4 is 33.8 Å². The van der Waals surface area contributed by atoms with E-state index in [0.29, 0.717) is 6.42 Å². The molecular formula is C22H25BrN2O4. The van der Waals surface area contributed by atoms with Gasteiger partial charge in [0, 0.05) is 11.0 Å². The molecule has 0 saturated heterocycles. The van der Waals surface area contributed by atoms with Gasteiger partial charge in [0.05, 0.1) is 17.2 Å². The lowest BCUT2D eigenvalue weighted by atomic mass is 10.0. The van der Waals surface area contributed by atoms with Gasteiger partial charge in [-0.1, -0.05) is 53.4 Å². The zero-order valence-electron chi connectivity index (χ0n) is 16.8. The molecule has 0 saturated carbocycles. The number of halogens is 1. The average Bonchev–Trinajstić information content (AvgIpc) is 2.86. The van der Waals surface area contributed by atoms with Gasteiger partial charge in [-0.2, -0.15) is 0 Å². The van der Waals surface area contributed by atoms with Crippen LogP contribution in [0.5, 0.6) is 0 Å². The normalized spacial score (nSPS) is 15.4. The number of rotatable bonds is 7. The predicted octanol–water partition coefficient (Wildman–Crippen LogP) is 4.44. The summed E-state index contributed by atoms with van der Waals surface area (Å²) in [5.74, 6) is -0.857. The second-order valence-corrected chi connectivity index (χ2v) is 8.42. The van der Waals surface area contributed by atoms with Gasteiger partial charge < -0.3 is 10.1 Å². The SMILES string of the molecule is C=CC1=C(C=C)C(=O)N(C(CCNC(=O)OC(C)(C)C)c2cccc(Br)c2)C1=O. The molecule has 29 heavy (non-hydrogen) atoms. The van der Waals surface area contributed by atoms with Crippen molar-refractivity contribution in [1.29, 1.82) is 0 Å². The molecule has 1 N–H and O–H groups in total. The van der Waals surface area contributed by atoms with Gasteiger partial charge in [-0.05, 0) is 44.9 Å². The lowest BCUT2D eigenvalue weighted by Gasteiger charge is -2.28. The smallest absolute Gasteiger partial charge is 0.407 e. The molecule has 2 rings (SSSR count). The summed E-state index contributed by atoms with van der Waals surface area (Å²) in [6.07, 6.45) is 2.51. The first-order valence-corrected chi connectivity index (χ1v) is 9.97. The van der Waals surface area contributed by atoms with Gasteiger partial charge in [0.25, 0.3) is 11.8 Å². The fourth-order valence-electron chi connectivity index (χ4n) is 3.04. The number of nitrogens with one attached hydrogen (secondary N) is 1. The molecule has 1 heterocycles. The fraction of sp³-hybridized carbons (Fsp3) is 0.318. The molecule has 1 aliphatic heterocycles. The topological polar surface area (TPSA) is 75.7 Å². The maximum Gasteiger partial charge on any atom is 0.407 e. The summed E-state index contributed by atoms with van der Waals surface area (Å²) in [6.45, 7) is 12.8. The molecule has 1 aromatic rings. The van der Waals surface area contributed by atoms with Gasteiger partial charge in [-0.15, -0.1) is 0 Å². The van der Waals surface area contributed by atoms with E-state index in [0.717, 1.165) is 10.0 Å². The number of hydrogen-bond donors (Lipinski definition) is 1. The van der Waals surface area contributed by atoms with Crippen LogP contribution >= 0.6 is 15.9 Å². The van der Waals surface area contributed by atoms with Gasteiger partial charge in [0.1, 0.15) is 5.60 Å². The third-order valence-corrected chi connectivity index (χ3v) is 4.72. The van der Waals surface area contributed by atoms with Crippen LogP contribution in [0.2, 0.25) is 0 Å². The van der Waals surface area contributed by atoms with Crippen molar-refractivity contribution in [3.63, 3.8) is 0 Å². The monoisotopic (exact) mass is 460 g/mol. The van der Waals surface area contributed by atoms with Crippen LogP contribution in [0, 0.1) is 0 Å². The first-order chi connectivity index (χ1) is 13.6. The molecule has 3 amide bonds. The van der Waals surface area contributed by atoms with Crippen LogP contribution < -0.4 is 5.32 Å². The number of benzene rings is 1. The molecule has 0 spiro atoms. The third-order valence-electron chi connectivity index (χ3n) is 4.23. The molecular weight excluding hydrogens is 436 g/mol. The molecule has 0 radical (unpaired) electrons. The van der Waals surface area contributed by atoms with Gasteiger partial charge >= 0.3 is 6.09 Å². The molecule has 7 heteroatoms. The highest BCUT2D eigenvalue weighted by Gasteiger charge is 2.40. The first kappa shape index (κ1) is 22.6. The molecule has 1 atom stereocenters. The fourth-order valence-corrected chi connectivity index (χ4v) is 3.46. The molecule has 6 nitrogen and oxygen atoms in total. The largest absolute Gasteiger partial charge is 0.444 e. The van der Waals surface area contributed by atoms with E-state index in [4.69, 9.17) is 4.74 Å². The Bertz CT molecular complexity index is 853. The van der Waals surface area contributed by atoms with Crippen LogP contribution in [-0.2, 0) is 14.3 Å². The van der Waals surface area contributed by atoms with E-state index in [1.165, 1.54) is 17.1 Å². The minimum Gasteiger partial charge on any atom is -0.444 e. The molecule has 0 aliphatic carbocycles. The van der Waals surface area contributed by atoms with E-state index >= 15 is 0 Å². The van der Waals surface area contributed by atoms with Crippen molar-refractivity contribution < 1.29 is 19.1 Å². The lowest BCUT2D eigenvalue weighted by Crippen LogP contribution is -2.38. The minimum absolute atomic E-state index is 0.218. The van der Waals surface area contributed by atoms with E-state index in [-0.39, 0.29) is 17.7 Å². The Morgan fingerprint density at radius 3 is 2.28 bits per heavy atom. The zero-order chi connectivity index (χ0) is 21.8. The van der Waals surface area contributed by atoms with Crippen molar-refractivity contribution in [3.05, 3.63) is 70.8 Å². The van der Waals surface area contributed by atoms with Crippen LogP contribution in [0.4, 0.5) is 4.79 Å². The summed E-state index contributed by atoms with van der Waals surface area (Å²) in [5, 5.41) is 2.68. The number of amides is 3. The van der Waals surface area contributed by atoms with Crippen molar-refractivity contribution in [2.24, 2.45) is 0 Å². The Balaban J connectivity index is 2.27. The summed E-state index contributed by atoms with van der Waals surface area (Å²) in [7, 11) is 0. The Labute approximate surface area is 179 Å².